The number of nitrogens with zero attached hydrogens (tertiary/aromatic N) is 2. The third kappa shape index (κ3) is 1.70. The molecular weight excluding hydrogens is 166 g/mol. The minimum absolute atomic E-state index is 0.234. The van der Waals surface area contributed by atoms with Gasteiger partial charge in [0.15, 0.2) is 5.69 Å². The summed E-state index contributed by atoms with van der Waals surface area (Å²) in [5, 5.41) is 8.64. The van der Waals surface area contributed by atoms with Crippen molar-refractivity contribution in [2.45, 2.75) is 18.9 Å². The van der Waals surface area contributed by atoms with E-state index in [1.807, 2.05) is 6.07 Å². The summed E-state index contributed by atoms with van der Waals surface area (Å²) in [4.78, 5) is 3.96. The molecule has 0 amide bonds. The van der Waals surface area contributed by atoms with Crippen LogP contribution in [-0.2, 0) is 0 Å². The molecule has 0 saturated heterocycles. The van der Waals surface area contributed by atoms with Gasteiger partial charge in [0, 0.05) is 6.07 Å². The first kappa shape index (κ1) is 7.87. The van der Waals surface area contributed by atoms with Crippen molar-refractivity contribution in [3.8, 4) is 11.9 Å². The third-order valence-corrected chi connectivity index (χ3v) is 1.82. The van der Waals surface area contributed by atoms with Crippen molar-refractivity contribution in [1.29, 1.82) is 5.26 Å². The third-order valence-electron chi connectivity index (χ3n) is 1.82. The van der Waals surface area contributed by atoms with Gasteiger partial charge in [0.2, 0.25) is 5.88 Å². The molecule has 0 unspecified atom stereocenters. The topological polar surface area (TPSA) is 71.9 Å². The average Bonchev–Trinajstić information content (AvgIpc) is 2.92. The molecule has 2 rings (SSSR count). The lowest BCUT2D eigenvalue weighted by molar-refractivity contribution is 0.291. The van der Waals surface area contributed by atoms with Gasteiger partial charge in [-0.2, -0.15) is 5.26 Å². The highest BCUT2D eigenvalue weighted by molar-refractivity contribution is 5.50. The Kier molecular flexibility index (Phi) is 1.78. The Balaban J connectivity index is 2.22. The summed E-state index contributed by atoms with van der Waals surface area (Å²) in [6.45, 7) is 0. The van der Waals surface area contributed by atoms with Crippen LogP contribution in [0.5, 0.6) is 5.88 Å². The molecule has 1 saturated carbocycles. The highest BCUT2D eigenvalue weighted by Crippen LogP contribution is 2.26. The number of pyridine rings is 1. The van der Waals surface area contributed by atoms with Crippen LogP contribution < -0.4 is 10.5 Å². The molecule has 0 radical (unpaired) electrons. The second-order valence-electron chi connectivity index (χ2n) is 3.02. The second-order valence-corrected chi connectivity index (χ2v) is 3.02. The second kappa shape index (κ2) is 2.94. The van der Waals surface area contributed by atoms with E-state index in [1.54, 1.807) is 12.1 Å². The van der Waals surface area contributed by atoms with Crippen molar-refractivity contribution in [2.24, 2.45) is 0 Å². The number of anilines is 1. The average molecular weight is 175 g/mol. The van der Waals surface area contributed by atoms with E-state index in [0.29, 0.717) is 17.7 Å². The van der Waals surface area contributed by atoms with Crippen molar-refractivity contribution >= 4 is 5.69 Å². The molecule has 0 spiro atoms. The van der Waals surface area contributed by atoms with Crippen LogP contribution in [0.3, 0.4) is 0 Å². The fraction of sp³-hybridized carbons (Fsp3) is 0.333. The van der Waals surface area contributed by atoms with Gasteiger partial charge in [-0.1, -0.05) is 0 Å². The van der Waals surface area contributed by atoms with Gasteiger partial charge in [-0.3, -0.25) is 0 Å². The number of nitriles is 1. The molecule has 0 aliphatic heterocycles. The largest absolute Gasteiger partial charge is 0.474 e. The summed E-state index contributed by atoms with van der Waals surface area (Å²) < 4.78 is 5.40. The number of rotatable bonds is 2. The molecule has 1 fully saturated rings. The molecule has 0 aromatic carbocycles. The highest BCUT2D eigenvalue weighted by Gasteiger charge is 2.24. The summed E-state index contributed by atoms with van der Waals surface area (Å²) >= 11 is 0. The van der Waals surface area contributed by atoms with Crippen LogP contribution in [0.15, 0.2) is 12.1 Å². The van der Waals surface area contributed by atoms with Crippen molar-refractivity contribution in [1.82, 2.24) is 4.98 Å². The maximum absolute atomic E-state index is 8.64. The first-order chi connectivity index (χ1) is 6.29. The van der Waals surface area contributed by atoms with Crippen LogP contribution in [0.25, 0.3) is 0 Å². The van der Waals surface area contributed by atoms with Crippen LogP contribution in [0, 0.1) is 11.3 Å². The number of aromatic nitrogens is 1. The molecule has 0 atom stereocenters. The number of ether oxygens (including phenoxy) is 1. The van der Waals surface area contributed by atoms with E-state index in [9.17, 15) is 0 Å². The van der Waals surface area contributed by atoms with Crippen molar-refractivity contribution in [3.05, 3.63) is 17.8 Å². The molecule has 1 aromatic rings. The van der Waals surface area contributed by atoms with Gasteiger partial charge in [-0.25, -0.2) is 4.98 Å². The van der Waals surface area contributed by atoms with E-state index in [-0.39, 0.29) is 5.69 Å². The molecule has 0 bridgehead atoms. The number of hydrogen-bond donors (Lipinski definition) is 1. The molecule has 2 N–H and O–H groups in total. The van der Waals surface area contributed by atoms with Crippen molar-refractivity contribution in [2.75, 3.05) is 5.73 Å². The summed E-state index contributed by atoms with van der Waals surface area (Å²) in [5.41, 5.74) is 6.13. The Bertz CT molecular complexity index is 366. The zero-order valence-electron chi connectivity index (χ0n) is 7.03. The van der Waals surface area contributed by atoms with E-state index < -0.39 is 0 Å². The Hall–Kier alpha value is -1.76. The standard InChI is InChI=1S/C9H9N3O/c10-5-8-7(11)3-4-9(12-8)13-6-1-2-6/h3-4,6H,1-2,11H2. The Morgan fingerprint density at radius 2 is 2.31 bits per heavy atom. The van der Waals surface area contributed by atoms with Gasteiger partial charge in [0.05, 0.1) is 5.69 Å². The molecule has 1 heterocycles. The molecule has 4 heteroatoms. The predicted molar refractivity (Wildman–Crippen MR) is 47.0 cm³/mol. The van der Waals surface area contributed by atoms with Crippen LogP contribution in [-0.4, -0.2) is 11.1 Å². The lowest BCUT2D eigenvalue weighted by Crippen LogP contribution is -2.01. The lowest BCUT2D eigenvalue weighted by Gasteiger charge is -2.03. The zero-order valence-corrected chi connectivity index (χ0v) is 7.03. The summed E-state index contributed by atoms with van der Waals surface area (Å²) in [5.74, 6) is 0.494. The van der Waals surface area contributed by atoms with Crippen LogP contribution in [0.2, 0.25) is 0 Å². The number of nitrogens with two attached hydrogens (primary N) is 1. The Labute approximate surface area is 76.0 Å². The monoisotopic (exact) mass is 175 g/mol. The normalized spacial score (nSPS) is 15.0. The fourth-order valence-corrected chi connectivity index (χ4v) is 0.964. The number of hydrogen-bond acceptors (Lipinski definition) is 4. The Morgan fingerprint density at radius 3 is 2.92 bits per heavy atom. The van der Waals surface area contributed by atoms with Gasteiger partial charge in [-0.05, 0) is 18.9 Å². The van der Waals surface area contributed by atoms with E-state index in [0.717, 1.165) is 12.8 Å². The van der Waals surface area contributed by atoms with Gasteiger partial charge in [0.1, 0.15) is 12.2 Å². The smallest absolute Gasteiger partial charge is 0.214 e. The summed E-state index contributed by atoms with van der Waals surface area (Å²) in [6.07, 6.45) is 2.45. The van der Waals surface area contributed by atoms with Gasteiger partial charge >= 0.3 is 0 Å². The van der Waals surface area contributed by atoms with Crippen LogP contribution in [0.1, 0.15) is 18.5 Å². The molecule has 66 valence electrons. The fourth-order valence-electron chi connectivity index (χ4n) is 0.964. The SMILES string of the molecule is N#Cc1nc(OC2CC2)ccc1N. The van der Waals surface area contributed by atoms with Crippen molar-refractivity contribution < 1.29 is 4.74 Å². The van der Waals surface area contributed by atoms with Gasteiger partial charge < -0.3 is 10.5 Å². The van der Waals surface area contributed by atoms with Crippen LogP contribution >= 0.6 is 0 Å². The van der Waals surface area contributed by atoms with Crippen molar-refractivity contribution in [3.63, 3.8) is 0 Å². The minimum Gasteiger partial charge on any atom is -0.474 e. The van der Waals surface area contributed by atoms with Gasteiger partial charge in [-0.15, -0.1) is 0 Å². The molecule has 13 heavy (non-hydrogen) atoms. The van der Waals surface area contributed by atoms with E-state index in [1.165, 1.54) is 0 Å². The molecular formula is C9H9N3O. The first-order valence-electron chi connectivity index (χ1n) is 4.13. The van der Waals surface area contributed by atoms with E-state index in [4.69, 9.17) is 15.7 Å². The highest BCUT2D eigenvalue weighted by atomic mass is 16.5. The zero-order chi connectivity index (χ0) is 9.26. The maximum atomic E-state index is 8.64. The lowest BCUT2D eigenvalue weighted by atomic mass is 10.3. The summed E-state index contributed by atoms with van der Waals surface area (Å²) in [6, 6.07) is 5.24. The quantitative estimate of drug-likeness (QED) is 0.729. The molecule has 4 nitrogen and oxygen atoms in total. The molecule has 1 aliphatic carbocycles. The molecule has 1 aromatic heterocycles. The minimum atomic E-state index is 0.234. The predicted octanol–water partition coefficient (Wildman–Crippen LogP) is 1.08. The Morgan fingerprint density at radius 1 is 1.54 bits per heavy atom. The maximum Gasteiger partial charge on any atom is 0.214 e. The van der Waals surface area contributed by atoms with E-state index in [2.05, 4.69) is 4.98 Å². The van der Waals surface area contributed by atoms with Crippen LogP contribution in [0.4, 0.5) is 5.69 Å². The van der Waals surface area contributed by atoms with Gasteiger partial charge in [0.25, 0.3) is 0 Å². The number of nitrogen functional groups attached to an aromatic ring is 1. The summed E-state index contributed by atoms with van der Waals surface area (Å²) in [7, 11) is 0. The van der Waals surface area contributed by atoms with E-state index >= 15 is 0 Å². The first-order valence-corrected chi connectivity index (χ1v) is 4.13. The molecule has 1 aliphatic rings.